The maximum absolute atomic E-state index is 12.5. The van der Waals surface area contributed by atoms with Crippen LogP contribution in [0.15, 0.2) is 46.3 Å². The van der Waals surface area contributed by atoms with E-state index in [-0.39, 0.29) is 5.91 Å². The van der Waals surface area contributed by atoms with Crippen molar-refractivity contribution in [3.05, 3.63) is 47.1 Å². The zero-order chi connectivity index (χ0) is 16.9. The number of likely N-dealkylation sites (tertiary alicyclic amines) is 1. The molecule has 1 saturated heterocycles. The van der Waals surface area contributed by atoms with Crippen LogP contribution in [0.25, 0.3) is 0 Å². The van der Waals surface area contributed by atoms with Gasteiger partial charge in [-0.1, -0.05) is 35.5 Å². The third-order valence-corrected chi connectivity index (χ3v) is 5.42. The number of carbonyl (C=O) groups excluding carboxylic acids is 1. The van der Waals surface area contributed by atoms with Gasteiger partial charge in [0.25, 0.3) is 5.91 Å². The van der Waals surface area contributed by atoms with Crippen molar-refractivity contribution in [3.63, 3.8) is 0 Å². The van der Waals surface area contributed by atoms with Crippen molar-refractivity contribution in [2.24, 2.45) is 5.92 Å². The maximum atomic E-state index is 12.5. The summed E-state index contributed by atoms with van der Waals surface area (Å²) < 4.78 is 0. The van der Waals surface area contributed by atoms with Crippen LogP contribution in [0, 0.1) is 5.92 Å². The molecular formula is C17H19ClN4OS. The first-order valence-electron chi connectivity index (χ1n) is 7.87. The Morgan fingerprint density at radius 2 is 2.17 bits per heavy atom. The molecule has 1 fully saturated rings. The Labute approximate surface area is 150 Å². The highest BCUT2D eigenvalue weighted by Crippen LogP contribution is 2.31. The SMILES string of the molecule is CNCC1CCN(C(=O)c2ccc(Sc3ccccc3Cl)nn2)C1. The second kappa shape index (κ2) is 7.96. The summed E-state index contributed by atoms with van der Waals surface area (Å²) >= 11 is 7.58. The molecule has 0 spiro atoms. The van der Waals surface area contributed by atoms with Crippen LogP contribution in [0.1, 0.15) is 16.9 Å². The van der Waals surface area contributed by atoms with Crippen LogP contribution < -0.4 is 5.32 Å². The molecule has 0 bridgehead atoms. The zero-order valence-corrected chi connectivity index (χ0v) is 15.0. The van der Waals surface area contributed by atoms with Gasteiger partial charge in [0.1, 0.15) is 5.03 Å². The Morgan fingerprint density at radius 1 is 1.33 bits per heavy atom. The fraction of sp³-hybridized carbons (Fsp3) is 0.353. The maximum Gasteiger partial charge on any atom is 0.274 e. The summed E-state index contributed by atoms with van der Waals surface area (Å²) in [7, 11) is 1.94. The van der Waals surface area contributed by atoms with Gasteiger partial charge in [0, 0.05) is 18.0 Å². The van der Waals surface area contributed by atoms with Gasteiger partial charge in [-0.05, 0) is 50.2 Å². The summed E-state index contributed by atoms with van der Waals surface area (Å²) in [4.78, 5) is 15.3. The lowest BCUT2D eigenvalue weighted by Gasteiger charge is -2.15. The van der Waals surface area contributed by atoms with Gasteiger partial charge < -0.3 is 10.2 Å². The molecule has 0 radical (unpaired) electrons. The first-order chi connectivity index (χ1) is 11.7. The van der Waals surface area contributed by atoms with Crippen LogP contribution in [0.4, 0.5) is 0 Å². The number of carbonyl (C=O) groups is 1. The standard InChI is InChI=1S/C17H19ClN4OS/c1-19-10-12-8-9-22(11-12)17(23)14-6-7-16(21-20-14)24-15-5-3-2-4-13(15)18/h2-7,12,19H,8-11H2,1H3. The molecule has 0 aliphatic carbocycles. The number of nitrogens with one attached hydrogen (secondary N) is 1. The van der Waals surface area contributed by atoms with Gasteiger partial charge in [0.15, 0.2) is 5.69 Å². The minimum Gasteiger partial charge on any atom is -0.337 e. The van der Waals surface area contributed by atoms with Crippen molar-refractivity contribution in [2.75, 3.05) is 26.7 Å². The van der Waals surface area contributed by atoms with E-state index in [4.69, 9.17) is 11.6 Å². The molecule has 5 nitrogen and oxygen atoms in total. The van der Waals surface area contributed by atoms with E-state index in [1.165, 1.54) is 11.8 Å². The summed E-state index contributed by atoms with van der Waals surface area (Å²) in [6.07, 6.45) is 1.03. The monoisotopic (exact) mass is 362 g/mol. The number of hydrogen-bond donors (Lipinski definition) is 1. The van der Waals surface area contributed by atoms with Crippen molar-refractivity contribution in [3.8, 4) is 0 Å². The molecule has 3 rings (SSSR count). The van der Waals surface area contributed by atoms with Crippen molar-refractivity contribution < 1.29 is 4.79 Å². The van der Waals surface area contributed by atoms with Gasteiger partial charge in [-0.2, -0.15) is 0 Å². The molecule has 1 amide bonds. The average molecular weight is 363 g/mol. The van der Waals surface area contributed by atoms with Gasteiger partial charge in [0.2, 0.25) is 0 Å². The molecule has 0 saturated carbocycles. The fourth-order valence-corrected chi connectivity index (χ4v) is 3.77. The van der Waals surface area contributed by atoms with E-state index >= 15 is 0 Å². The lowest BCUT2D eigenvalue weighted by atomic mass is 10.1. The third-order valence-electron chi connectivity index (χ3n) is 3.98. The van der Waals surface area contributed by atoms with Gasteiger partial charge in [0.05, 0.1) is 5.02 Å². The van der Waals surface area contributed by atoms with Gasteiger partial charge in [-0.15, -0.1) is 10.2 Å². The molecule has 2 aromatic rings. The molecular weight excluding hydrogens is 344 g/mol. The van der Waals surface area contributed by atoms with E-state index in [9.17, 15) is 4.79 Å². The van der Waals surface area contributed by atoms with Crippen LogP contribution in [-0.2, 0) is 0 Å². The molecule has 1 aromatic carbocycles. The van der Waals surface area contributed by atoms with Crippen molar-refractivity contribution >= 4 is 29.3 Å². The molecule has 1 unspecified atom stereocenters. The summed E-state index contributed by atoms with van der Waals surface area (Å²) in [5, 5.41) is 12.8. The summed E-state index contributed by atoms with van der Waals surface area (Å²) in [6.45, 7) is 2.49. The van der Waals surface area contributed by atoms with Crippen molar-refractivity contribution in [1.82, 2.24) is 20.4 Å². The predicted octanol–water partition coefficient (Wildman–Crippen LogP) is 2.96. The number of benzene rings is 1. The molecule has 126 valence electrons. The normalized spacial score (nSPS) is 17.2. The second-order valence-corrected chi connectivity index (χ2v) is 7.22. The lowest BCUT2D eigenvalue weighted by Crippen LogP contribution is -2.31. The first kappa shape index (κ1) is 17.2. The van der Waals surface area contributed by atoms with Crippen LogP contribution in [-0.4, -0.2) is 47.7 Å². The summed E-state index contributed by atoms with van der Waals surface area (Å²) in [5.41, 5.74) is 0.392. The van der Waals surface area contributed by atoms with E-state index < -0.39 is 0 Å². The van der Waals surface area contributed by atoms with E-state index in [2.05, 4.69) is 15.5 Å². The Morgan fingerprint density at radius 3 is 2.88 bits per heavy atom. The lowest BCUT2D eigenvalue weighted by molar-refractivity contribution is 0.0780. The van der Waals surface area contributed by atoms with Crippen LogP contribution >= 0.6 is 23.4 Å². The Hall–Kier alpha value is -1.63. The largest absolute Gasteiger partial charge is 0.337 e. The number of nitrogens with zero attached hydrogens (tertiary/aromatic N) is 3. The zero-order valence-electron chi connectivity index (χ0n) is 13.4. The molecule has 1 atom stereocenters. The van der Waals surface area contributed by atoms with E-state index in [1.807, 2.05) is 42.3 Å². The number of rotatable bonds is 5. The van der Waals surface area contributed by atoms with E-state index in [1.54, 1.807) is 6.07 Å². The van der Waals surface area contributed by atoms with E-state index in [0.717, 1.165) is 31.0 Å². The Kier molecular flexibility index (Phi) is 5.71. The molecule has 1 aliphatic rings. The Bertz CT molecular complexity index is 710. The molecule has 7 heteroatoms. The molecule has 1 N–H and O–H groups in total. The van der Waals surface area contributed by atoms with Gasteiger partial charge in [-0.3, -0.25) is 4.79 Å². The molecule has 24 heavy (non-hydrogen) atoms. The topological polar surface area (TPSA) is 58.1 Å². The summed E-state index contributed by atoms with van der Waals surface area (Å²) in [6, 6.07) is 11.1. The molecule has 1 aromatic heterocycles. The highest BCUT2D eigenvalue weighted by molar-refractivity contribution is 7.99. The average Bonchev–Trinajstić information content (AvgIpc) is 3.06. The number of amides is 1. The number of hydrogen-bond acceptors (Lipinski definition) is 5. The third kappa shape index (κ3) is 4.06. The number of halogens is 1. The smallest absolute Gasteiger partial charge is 0.274 e. The van der Waals surface area contributed by atoms with Crippen LogP contribution in [0.5, 0.6) is 0 Å². The van der Waals surface area contributed by atoms with Crippen LogP contribution in [0.3, 0.4) is 0 Å². The fourth-order valence-electron chi connectivity index (χ4n) is 2.76. The van der Waals surface area contributed by atoms with E-state index in [0.29, 0.717) is 21.7 Å². The van der Waals surface area contributed by atoms with Crippen LogP contribution in [0.2, 0.25) is 5.02 Å². The summed E-state index contributed by atoms with van der Waals surface area (Å²) in [5.74, 6) is 0.470. The molecule has 2 heterocycles. The minimum absolute atomic E-state index is 0.0459. The van der Waals surface area contributed by atoms with Gasteiger partial charge >= 0.3 is 0 Å². The highest BCUT2D eigenvalue weighted by atomic mass is 35.5. The number of aromatic nitrogens is 2. The highest BCUT2D eigenvalue weighted by Gasteiger charge is 2.27. The minimum atomic E-state index is -0.0459. The quantitative estimate of drug-likeness (QED) is 0.886. The predicted molar refractivity (Wildman–Crippen MR) is 95.5 cm³/mol. The van der Waals surface area contributed by atoms with Crippen molar-refractivity contribution in [2.45, 2.75) is 16.3 Å². The van der Waals surface area contributed by atoms with Crippen molar-refractivity contribution in [1.29, 1.82) is 0 Å². The molecule has 1 aliphatic heterocycles. The first-order valence-corrected chi connectivity index (χ1v) is 9.07. The second-order valence-electron chi connectivity index (χ2n) is 5.75. The Balaban J connectivity index is 1.64. The van der Waals surface area contributed by atoms with Gasteiger partial charge in [-0.25, -0.2) is 0 Å².